The van der Waals surface area contributed by atoms with Gasteiger partial charge in [-0.2, -0.15) is 5.10 Å². The molecule has 342 valence electrons. The van der Waals surface area contributed by atoms with Crippen LogP contribution in [0.5, 0.6) is 5.88 Å². The number of aromatic nitrogens is 2. The van der Waals surface area contributed by atoms with Gasteiger partial charge in [0.2, 0.25) is 18.3 Å². The second kappa shape index (κ2) is 22.7. The average molecular weight is 897 g/mol. The minimum absolute atomic E-state index is 0.0968. The molecule has 1 fully saturated rings. The molecule has 0 radical (unpaired) electrons. The quantitative estimate of drug-likeness (QED) is 0.0568. The van der Waals surface area contributed by atoms with E-state index in [1.807, 2.05) is 68.4 Å². The van der Waals surface area contributed by atoms with Gasteiger partial charge in [-0.3, -0.25) is 4.79 Å². The molecule has 0 aliphatic carbocycles. The molecule has 12 nitrogen and oxygen atoms in total. The molecule has 2 heterocycles. The van der Waals surface area contributed by atoms with Crippen LogP contribution >= 0.6 is 0 Å². The fraction of sp³-hybridized carbons (Fsp3) is 0.302. The Morgan fingerprint density at radius 1 is 0.667 bits per heavy atom. The minimum atomic E-state index is -2.18. The van der Waals surface area contributed by atoms with Gasteiger partial charge in [0.25, 0.3) is 0 Å². The van der Waals surface area contributed by atoms with Crippen LogP contribution < -0.4 is 4.74 Å². The molecule has 0 bridgehead atoms. The summed E-state index contributed by atoms with van der Waals surface area (Å²) in [6.07, 6.45) is -6.86. The van der Waals surface area contributed by atoms with Gasteiger partial charge in [-0.25, -0.2) is 23.5 Å². The second-order valence-corrected chi connectivity index (χ2v) is 16.2. The van der Waals surface area contributed by atoms with E-state index < -0.39 is 55.3 Å². The highest BCUT2D eigenvalue weighted by Gasteiger charge is 2.53. The highest BCUT2D eigenvalue weighted by molar-refractivity contribution is 5.91. The van der Waals surface area contributed by atoms with E-state index in [4.69, 9.17) is 33.5 Å². The number of carbonyl (C=O) groups excluding carboxylic acids is 4. The molecule has 0 saturated carbocycles. The lowest BCUT2D eigenvalue weighted by Gasteiger charge is -2.42. The zero-order valence-corrected chi connectivity index (χ0v) is 37.1. The van der Waals surface area contributed by atoms with Crippen LogP contribution in [0.2, 0.25) is 0 Å². The van der Waals surface area contributed by atoms with Crippen molar-refractivity contribution in [3.8, 4) is 5.88 Å². The SMILES string of the molecule is CCOC(=O)CCCc1ccc(Cc2c(C(C)C)nn(Cc3ccccc3)c2O[C@@H]2O[C@H](COC(=O)c3ccccc3)[C@@H](F)[C@H](OC(=O)c3ccccc3)[C@H]2OC(=O)c2ccccc2)cc1. The number of rotatable bonds is 19. The van der Waals surface area contributed by atoms with Gasteiger partial charge in [-0.15, -0.1) is 0 Å². The zero-order valence-electron chi connectivity index (χ0n) is 37.1. The van der Waals surface area contributed by atoms with Gasteiger partial charge in [-0.1, -0.05) is 123 Å². The Morgan fingerprint density at radius 2 is 1.20 bits per heavy atom. The molecule has 6 aromatic rings. The Kier molecular flexibility index (Phi) is 16.1. The first-order valence-electron chi connectivity index (χ1n) is 22.1. The number of aryl methyl sites for hydroxylation is 1. The van der Waals surface area contributed by atoms with Crippen molar-refractivity contribution >= 4 is 23.9 Å². The fourth-order valence-corrected chi connectivity index (χ4v) is 7.63. The maximum absolute atomic E-state index is 17.2. The predicted octanol–water partition coefficient (Wildman–Crippen LogP) is 9.28. The highest BCUT2D eigenvalue weighted by Crippen LogP contribution is 2.36. The summed E-state index contributed by atoms with van der Waals surface area (Å²) < 4.78 is 54.9. The number of hydrogen-bond donors (Lipinski definition) is 0. The Balaban J connectivity index is 1.28. The van der Waals surface area contributed by atoms with E-state index in [0.29, 0.717) is 37.9 Å². The van der Waals surface area contributed by atoms with E-state index in [1.165, 1.54) is 12.1 Å². The highest BCUT2D eigenvalue weighted by atomic mass is 19.1. The minimum Gasteiger partial charge on any atom is -0.466 e. The summed E-state index contributed by atoms with van der Waals surface area (Å²) in [4.78, 5) is 52.8. The van der Waals surface area contributed by atoms with Crippen LogP contribution in [0.4, 0.5) is 4.39 Å². The average Bonchev–Trinajstić information content (AvgIpc) is 3.67. The summed E-state index contributed by atoms with van der Waals surface area (Å²) in [5.41, 5.74) is 4.81. The number of esters is 4. The molecule has 0 N–H and O–H groups in total. The van der Waals surface area contributed by atoms with Crippen LogP contribution in [0.1, 0.15) is 98.6 Å². The molecule has 0 amide bonds. The lowest BCUT2D eigenvalue weighted by molar-refractivity contribution is -0.265. The summed E-state index contributed by atoms with van der Waals surface area (Å²) in [5.74, 6) is -2.53. The van der Waals surface area contributed by atoms with E-state index in [-0.39, 0.29) is 41.0 Å². The van der Waals surface area contributed by atoms with Crippen molar-refractivity contribution in [3.63, 3.8) is 0 Å². The summed E-state index contributed by atoms with van der Waals surface area (Å²) in [6.45, 7) is 5.81. The maximum atomic E-state index is 17.2. The smallest absolute Gasteiger partial charge is 0.338 e. The van der Waals surface area contributed by atoms with Gasteiger partial charge in [-0.05, 0) is 78.8 Å². The molecule has 1 aromatic heterocycles. The molecule has 5 atom stereocenters. The third-order valence-corrected chi connectivity index (χ3v) is 11.0. The van der Waals surface area contributed by atoms with Crippen LogP contribution in [0.3, 0.4) is 0 Å². The van der Waals surface area contributed by atoms with Crippen molar-refractivity contribution in [2.24, 2.45) is 0 Å². The maximum Gasteiger partial charge on any atom is 0.338 e. The zero-order chi connectivity index (χ0) is 46.4. The van der Waals surface area contributed by atoms with E-state index in [2.05, 4.69) is 0 Å². The van der Waals surface area contributed by atoms with Gasteiger partial charge in [0, 0.05) is 18.4 Å². The first-order valence-corrected chi connectivity index (χ1v) is 22.1. The lowest BCUT2D eigenvalue weighted by Crippen LogP contribution is -2.61. The number of carbonyl (C=O) groups is 4. The van der Waals surface area contributed by atoms with Gasteiger partial charge in [0.15, 0.2) is 12.3 Å². The molecular formula is C53H53FN2O10. The van der Waals surface area contributed by atoms with Crippen molar-refractivity contribution < 1.29 is 52.0 Å². The van der Waals surface area contributed by atoms with Gasteiger partial charge >= 0.3 is 23.9 Å². The largest absolute Gasteiger partial charge is 0.466 e. The molecule has 1 saturated heterocycles. The topological polar surface area (TPSA) is 141 Å². The summed E-state index contributed by atoms with van der Waals surface area (Å²) in [6, 6.07) is 42.1. The summed E-state index contributed by atoms with van der Waals surface area (Å²) in [5, 5.41) is 5.08. The van der Waals surface area contributed by atoms with Crippen LogP contribution in [0.15, 0.2) is 146 Å². The van der Waals surface area contributed by atoms with E-state index in [9.17, 15) is 19.2 Å². The molecule has 0 unspecified atom stereocenters. The van der Waals surface area contributed by atoms with Gasteiger partial charge < -0.3 is 28.4 Å². The molecule has 7 rings (SSSR count). The molecule has 1 aliphatic heterocycles. The van der Waals surface area contributed by atoms with Gasteiger partial charge in [0.05, 0.1) is 35.5 Å². The molecule has 13 heteroatoms. The second-order valence-electron chi connectivity index (χ2n) is 16.2. The van der Waals surface area contributed by atoms with Crippen molar-refractivity contribution in [1.29, 1.82) is 0 Å². The fourth-order valence-electron chi connectivity index (χ4n) is 7.63. The Bertz CT molecular complexity index is 2520. The van der Waals surface area contributed by atoms with Crippen molar-refractivity contribution in [1.82, 2.24) is 9.78 Å². The van der Waals surface area contributed by atoms with Crippen molar-refractivity contribution in [2.75, 3.05) is 13.2 Å². The van der Waals surface area contributed by atoms with E-state index >= 15 is 4.39 Å². The Labute approximate surface area is 383 Å². The van der Waals surface area contributed by atoms with Gasteiger partial charge in [0.1, 0.15) is 12.7 Å². The Hall–Kier alpha value is -7.12. The van der Waals surface area contributed by atoms with Crippen LogP contribution in [-0.2, 0) is 47.9 Å². The molecule has 0 spiro atoms. The number of ether oxygens (including phenoxy) is 6. The standard InChI is InChI=1S/C53H53FN2O10/c1-4-61-44(57)27-17-20-36-28-30-37(31-29-36)32-42-46(35(2)3)55-56(33-38-18-9-5-10-19-38)49(42)66-53-48(65-52(60)41-25-15-8-16-26-41)47(64-51(59)40-23-13-7-14-24-40)45(54)43(63-53)34-62-50(58)39-21-11-6-12-22-39/h5-16,18-19,21-26,28-31,35,43,45,47-48,53H,4,17,20,27,32-34H2,1-3H3/t43-,45-,47+,48-,53+/m1/s1. The predicted molar refractivity (Wildman–Crippen MR) is 243 cm³/mol. The first-order chi connectivity index (χ1) is 32.1. The van der Waals surface area contributed by atoms with E-state index in [0.717, 1.165) is 22.4 Å². The van der Waals surface area contributed by atoms with Crippen LogP contribution in [0, 0.1) is 0 Å². The number of hydrogen-bond acceptors (Lipinski definition) is 11. The molecule has 5 aromatic carbocycles. The number of nitrogens with zero attached hydrogens (tertiary/aromatic N) is 2. The van der Waals surface area contributed by atoms with Crippen molar-refractivity contribution in [2.45, 2.75) is 89.7 Å². The Morgan fingerprint density at radius 3 is 1.76 bits per heavy atom. The first kappa shape index (κ1) is 46.9. The van der Waals surface area contributed by atoms with Crippen LogP contribution in [0.25, 0.3) is 0 Å². The monoisotopic (exact) mass is 896 g/mol. The normalized spacial score (nSPS) is 18.0. The lowest BCUT2D eigenvalue weighted by atomic mass is 9.97. The van der Waals surface area contributed by atoms with Crippen LogP contribution in [-0.4, -0.2) is 77.6 Å². The van der Waals surface area contributed by atoms with E-state index in [1.54, 1.807) is 90.5 Å². The summed E-state index contributed by atoms with van der Waals surface area (Å²) >= 11 is 0. The number of halogens is 1. The summed E-state index contributed by atoms with van der Waals surface area (Å²) in [7, 11) is 0. The molecule has 66 heavy (non-hydrogen) atoms. The molecule has 1 aliphatic rings. The third kappa shape index (κ3) is 12.2. The number of alkyl halides is 1. The molecular weight excluding hydrogens is 844 g/mol. The number of benzene rings is 5. The van der Waals surface area contributed by atoms with Crippen molar-refractivity contribution in [3.05, 3.63) is 190 Å². The third-order valence-electron chi connectivity index (χ3n) is 11.0.